The van der Waals surface area contributed by atoms with Crippen molar-refractivity contribution in [1.82, 2.24) is 4.90 Å². The van der Waals surface area contributed by atoms with E-state index >= 15 is 0 Å². The van der Waals surface area contributed by atoms with Crippen LogP contribution in [0.1, 0.15) is 6.92 Å². The normalized spacial score (nSPS) is 15.2. The van der Waals surface area contributed by atoms with Gasteiger partial charge in [0.1, 0.15) is 5.75 Å². The number of rotatable bonds is 5. The lowest BCUT2D eigenvalue weighted by molar-refractivity contribution is -0.118. The van der Waals surface area contributed by atoms with Crippen LogP contribution in [0.3, 0.4) is 0 Å². The number of nitrogens with one attached hydrogen (secondary N) is 2. The molecule has 0 bridgehead atoms. The standard InChI is InChI=1S/C15H21N3O4/c1-11(19)16-12-3-4-13(14(9-12)21-2)17-15(20)10-18-5-7-22-8-6-18/h3-4,9H,5-8,10H2,1-2H3,(H,16,19)(H,17,20). The molecule has 2 amide bonds. The number of carbonyl (C=O) groups is 2. The summed E-state index contributed by atoms with van der Waals surface area (Å²) in [6, 6.07) is 5.10. The van der Waals surface area contributed by atoms with Gasteiger partial charge in [0.25, 0.3) is 0 Å². The Morgan fingerprint density at radius 2 is 2.00 bits per heavy atom. The van der Waals surface area contributed by atoms with Gasteiger partial charge in [-0.05, 0) is 12.1 Å². The molecule has 1 aliphatic heterocycles. The number of methoxy groups -OCH3 is 1. The minimum atomic E-state index is -0.161. The van der Waals surface area contributed by atoms with E-state index in [1.165, 1.54) is 14.0 Å². The molecule has 2 rings (SSSR count). The van der Waals surface area contributed by atoms with E-state index in [1.807, 2.05) is 4.90 Å². The predicted octanol–water partition coefficient (Wildman–Crippen LogP) is 0.924. The van der Waals surface area contributed by atoms with E-state index in [-0.39, 0.29) is 11.8 Å². The first-order chi connectivity index (χ1) is 10.6. The molecule has 7 heteroatoms. The van der Waals surface area contributed by atoms with Crippen molar-refractivity contribution in [3.63, 3.8) is 0 Å². The summed E-state index contributed by atoms with van der Waals surface area (Å²) >= 11 is 0. The van der Waals surface area contributed by atoms with Gasteiger partial charge in [-0.2, -0.15) is 0 Å². The largest absolute Gasteiger partial charge is 0.494 e. The number of hydrogen-bond donors (Lipinski definition) is 2. The van der Waals surface area contributed by atoms with Gasteiger partial charge in [0.15, 0.2) is 0 Å². The molecule has 0 aromatic heterocycles. The second kappa shape index (κ2) is 7.77. The number of ether oxygens (including phenoxy) is 2. The lowest BCUT2D eigenvalue weighted by atomic mass is 10.2. The van der Waals surface area contributed by atoms with Crippen molar-refractivity contribution in [2.24, 2.45) is 0 Å². The highest BCUT2D eigenvalue weighted by Crippen LogP contribution is 2.28. The molecule has 0 atom stereocenters. The van der Waals surface area contributed by atoms with E-state index in [9.17, 15) is 9.59 Å². The summed E-state index contributed by atoms with van der Waals surface area (Å²) < 4.78 is 10.5. The summed E-state index contributed by atoms with van der Waals surface area (Å²) in [5.41, 5.74) is 1.20. The highest BCUT2D eigenvalue weighted by atomic mass is 16.5. The fourth-order valence-corrected chi connectivity index (χ4v) is 2.23. The van der Waals surface area contributed by atoms with Gasteiger partial charge in [-0.15, -0.1) is 0 Å². The summed E-state index contributed by atoms with van der Waals surface area (Å²) in [6.45, 7) is 4.58. The topological polar surface area (TPSA) is 79.9 Å². The molecule has 0 saturated carbocycles. The summed E-state index contributed by atoms with van der Waals surface area (Å²) in [6.07, 6.45) is 0. The van der Waals surface area contributed by atoms with Gasteiger partial charge >= 0.3 is 0 Å². The molecule has 1 aromatic carbocycles. The number of amides is 2. The Labute approximate surface area is 129 Å². The van der Waals surface area contributed by atoms with Crippen LogP contribution in [0.5, 0.6) is 5.75 Å². The molecule has 7 nitrogen and oxygen atoms in total. The molecule has 1 saturated heterocycles. The highest BCUT2D eigenvalue weighted by molar-refractivity contribution is 5.95. The van der Waals surface area contributed by atoms with E-state index in [2.05, 4.69) is 10.6 Å². The van der Waals surface area contributed by atoms with E-state index in [1.54, 1.807) is 18.2 Å². The van der Waals surface area contributed by atoms with E-state index in [4.69, 9.17) is 9.47 Å². The Morgan fingerprint density at radius 1 is 1.27 bits per heavy atom. The van der Waals surface area contributed by atoms with Crippen LogP contribution in [0.2, 0.25) is 0 Å². The third-order valence-electron chi connectivity index (χ3n) is 3.27. The third-order valence-corrected chi connectivity index (χ3v) is 3.27. The van der Waals surface area contributed by atoms with Crippen LogP contribution >= 0.6 is 0 Å². The van der Waals surface area contributed by atoms with Gasteiger partial charge in [0.2, 0.25) is 11.8 Å². The van der Waals surface area contributed by atoms with Gasteiger partial charge in [0, 0.05) is 31.8 Å². The second-order valence-electron chi connectivity index (χ2n) is 5.03. The Hall–Kier alpha value is -2.12. The Kier molecular flexibility index (Phi) is 5.74. The number of hydrogen-bond acceptors (Lipinski definition) is 5. The Morgan fingerprint density at radius 3 is 2.64 bits per heavy atom. The molecule has 0 spiro atoms. The quantitative estimate of drug-likeness (QED) is 0.846. The van der Waals surface area contributed by atoms with Gasteiger partial charge < -0.3 is 20.1 Å². The van der Waals surface area contributed by atoms with E-state index in [0.717, 1.165) is 13.1 Å². The lowest BCUT2D eigenvalue weighted by Crippen LogP contribution is -2.41. The second-order valence-corrected chi connectivity index (χ2v) is 5.03. The molecule has 0 aliphatic carbocycles. The Balaban J connectivity index is 1.98. The van der Waals surface area contributed by atoms with Crippen molar-refractivity contribution in [3.05, 3.63) is 18.2 Å². The SMILES string of the molecule is COc1cc(NC(C)=O)ccc1NC(=O)CN1CCOCC1. The van der Waals surface area contributed by atoms with Crippen molar-refractivity contribution in [2.75, 3.05) is 50.6 Å². The van der Waals surface area contributed by atoms with Crippen molar-refractivity contribution in [2.45, 2.75) is 6.92 Å². The van der Waals surface area contributed by atoms with Gasteiger partial charge in [-0.1, -0.05) is 0 Å². The van der Waals surface area contributed by atoms with Crippen molar-refractivity contribution < 1.29 is 19.1 Å². The van der Waals surface area contributed by atoms with Crippen molar-refractivity contribution in [1.29, 1.82) is 0 Å². The van der Waals surface area contributed by atoms with Crippen molar-refractivity contribution in [3.8, 4) is 5.75 Å². The molecule has 0 radical (unpaired) electrons. The number of carbonyl (C=O) groups excluding carboxylic acids is 2. The molecule has 0 unspecified atom stereocenters. The van der Waals surface area contributed by atoms with Crippen molar-refractivity contribution >= 4 is 23.2 Å². The zero-order valence-corrected chi connectivity index (χ0v) is 12.8. The molecular weight excluding hydrogens is 286 g/mol. The number of anilines is 2. The monoisotopic (exact) mass is 307 g/mol. The molecule has 1 heterocycles. The van der Waals surface area contributed by atoms with Crippen LogP contribution in [0.4, 0.5) is 11.4 Å². The van der Waals surface area contributed by atoms with Gasteiger partial charge in [-0.25, -0.2) is 0 Å². The van der Waals surface area contributed by atoms with Crippen LogP contribution in [0.25, 0.3) is 0 Å². The first-order valence-corrected chi connectivity index (χ1v) is 7.14. The molecule has 1 fully saturated rings. The summed E-state index contributed by atoms with van der Waals surface area (Å²) in [4.78, 5) is 25.2. The van der Waals surface area contributed by atoms with Crippen LogP contribution in [-0.2, 0) is 14.3 Å². The number of morpholine rings is 1. The maximum absolute atomic E-state index is 12.1. The minimum Gasteiger partial charge on any atom is -0.494 e. The molecule has 1 aromatic rings. The highest BCUT2D eigenvalue weighted by Gasteiger charge is 2.15. The third kappa shape index (κ3) is 4.71. The lowest BCUT2D eigenvalue weighted by Gasteiger charge is -2.25. The molecule has 2 N–H and O–H groups in total. The predicted molar refractivity (Wildman–Crippen MR) is 83.2 cm³/mol. The van der Waals surface area contributed by atoms with Crippen LogP contribution < -0.4 is 15.4 Å². The molecule has 22 heavy (non-hydrogen) atoms. The van der Waals surface area contributed by atoms with E-state index in [0.29, 0.717) is 36.9 Å². The van der Waals surface area contributed by atoms with Crippen LogP contribution in [0.15, 0.2) is 18.2 Å². The number of benzene rings is 1. The Bertz CT molecular complexity index is 542. The molecule has 1 aliphatic rings. The van der Waals surface area contributed by atoms with Crippen LogP contribution in [0, 0.1) is 0 Å². The maximum Gasteiger partial charge on any atom is 0.238 e. The smallest absolute Gasteiger partial charge is 0.238 e. The van der Waals surface area contributed by atoms with E-state index < -0.39 is 0 Å². The zero-order valence-electron chi connectivity index (χ0n) is 12.8. The first kappa shape index (κ1) is 16.3. The number of nitrogens with zero attached hydrogens (tertiary/aromatic N) is 1. The summed E-state index contributed by atoms with van der Waals surface area (Å²) in [5, 5.41) is 5.50. The fraction of sp³-hybridized carbons (Fsp3) is 0.467. The van der Waals surface area contributed by atoms with Gasteiger partial charge in [0.05, 0.1) is 32.6 Å². The van der Waals surface area contributed by atoms with Gasteiger partial charge in [-0.3, -0.25) is 14.5 Å². The average molecular weight is 307 g/mol. The molecular formula is C15H21N3O4. The maximum atomic E-state index is 12.1. The minimum absolute atomic E-state index is 0.104. The zero-order chi connectivity index (χ0) is 15.9. The first-order valence-electron chi connectivity index (χ1n) is 7.14. The fourth-order valence-electron chi connectivity index (χ4n) is 2.23. The molecule has 120 valence electrons. The summed E-state index contributed by atoms with van der Waals surface area (Å²) in [7, 11) is 1.52. The van der Waals surface area contributed by atoms with Crippen LogP contribution in [-0.4, -0.2) is 56.7 Å². The summed E-state index contributed by atoms with van der Waals surface area (Å²) in [5.74, 6) is 0.236. The average Bonchev–Trinajstić information content (AvgIpc) is 2.49.